The molecule has 2 heterocycles. The molecule has 1 aliphatic rings. The second-order valence-electron chi connectivity index (χ2n) is 4.84. The fourth-order valence-electron chi connectivity index (χ4n) is 2.36. The highest BCUT2D eigenvalue weighted by Gasteiger charge is 2.17. The van der Waals surface area contributed by atoms with Crippen molar-refractivity contribution in [2.75, 3.05) is 36.1 Å². The van der Waals surface area contributed by atoms with E-state index in [9.17, 15) is 0 Å². The van der Waals surface area contributed by atoms with E-state index in [1.54, 1.807) is 7.11 Å². The number of hydrogen-bond acceptors (Lipinski definition) is 7. The Bertz CT molecular complexity index is 627. The average Bonchev–Trinajstić information content (AvgIpc) is 3.01. The normalized spacial score (nSPS) is 14.2. The fourth-order valence-corrected chi connectivity index (χ4v) is 2.36. The van der Waals surface area contributed by atoms with E-state index in [0.29, 0.717) is 11.9 Å². The molecule has 3 N–H and O–H groups in total. The number of hydrogen-bond donors (Lipinski definition) is 2. The first-order valence-electron chi connectivity index (χ1n) is 6.93. The Morgan fingerprint density at radius 3 is 2.67 bits per heavy atom. The molecular weight excluding hydrogens is 268 g/mol. The molecule has 1 aromatic heterocycles. The lowest BCUT2D eigenvalue weighted by Crippen LogP contribution is -2.22. The summed E-state index contributed by atoms with van der Waals surface area (Å²) in [6.07, 6.45) is 2.31. The molecule has 2 aromatic rings. The number of anilines is 4. The Hall–Kier alpha value is -2.57. The first kappa shape index (κ1) is 13.4. The highest BCUT2D eigenvalue weighted by atomic mass is 16.5. The summed E-state index contributed by atoms with van der Waals surface area (Å²) >= 11 is 0. The SMILES string of the molecule is COc1ccccc1Nc1nc(N)nc(N2CCCC2)n1. The first-order chi connectivity index (χ1) is 10.3. The van der Waals surface area contributed by atoms with Crippen LogP contribution in [0.15, 0.2) is 24.3 Å². The molecule has 7 heteroatoms. The van der Waals surface area contributed by atoms with Crippen molar-refractivity contribution < 1.29 is 4.74 Å². The van der Waals surface area contributed by atoms with Crippen LogP contribution in [-0.4, -0.2) is 35.2 Å². The van der Waals surface area contributed by atoms with Crippen molar-refractivity contribution >= 4 is 23.5 Å². The maximum atomic E-state index is 5.79. The van der Waals surface area contributed by atoms with Crippen molar-refractivity contribution in [2.45, 2.75) is 12.8 Å². The Kier molecular flexibility index (Phi) is 3.72. The van der Waals surface area contributed by atoms with Gasteiger partial charge in [0.05, 0.1) is 12.8 Å². The molecular formula is C14H18N6O. The number of ether oxygens (including phenoxy) is 1. The first-order valence-corrected chi connectivity index (χ1v) is 6.93. The molecule has 0 amide bonds. The number of nitrogen functional groups attached to an aromatic ring is 1. The van der Waals surface area contributed by atoms with Crippen LogP contribution in [0.1, 0.15) is 12.8 Å². The van der Waals surface area contributed by atoms with E-state index < -0.39 is 0 Å². The third-order valence-electron chi connectivity index (χ3n) is 3.38. The summed E-state index contributed by atoms with van der Waals surface area (Å²) in [6, 6.07) is 7.58. The summed E-state index contributed by atoms with van der Waals surface area (Å²) in [6.45, 7) is 1.91. The molecule has 0 atom stereocenters. The van der Waals surface area contributed by atoms with Gasteiger partial charge in [0, 0.05) is 13.1 Å². The molecule has 0 aliphatic carbocycles. The Balaban J connectivity index is 1.88. The van der Waals surface area contributed by atoms with Gasteiger partial charge < -0.3 is 20.7 Å². The van der Waals surface area contributed by atoms with Crippen LogP contribution in [0.5, 0.6) is 5.75 Å². The predicted molar refractivity (Wildman–Crippen MR) is 82.0 cm³/mol. The van der Waals surface area contributed by atoms with Crippen LogP contribution < -0.4 is 20.7 Å². The van der Waals surface area contributed by atoms with Gasteiger partial charge in [-0.05, 0) is 25.0 Å². The zero-order valence-corrected chi connectivity index (χ0v) is 11.9. The average molecular weight is 286 g/mol. The van der Waals surface area contributed by atoms with Crippen molar-refractivity contribution in [3.8, 4) is 5.75 Å². The summed E-state index contributed by atoms with van der Waals surface area (Å²) in [7, 11) is 1.62. The van der Waals surface area contributed by atoms with E-state index in [0.717, 1.165) is 37.4 Å². The Morgan fingerprint density at radius 1 is 1.14 bits per heavy atom. The largest absolute Gasteiger partial charge is 0.495 e. The van der Waals surface area contributed by atoms with Crippen molar-refractivity contribution in [1.29, 1.82) is 0 Å². The van der Waals surface area contributed by atoms with Crippen LogP contribution >= 0.6 is 0 Å². The highest BCUT2D eigenvalue weighted by Crippen LogP contribution is 2.26. The third kappa shape index (κ3) is 2.96. The molecule has 21 heavy (non-hydrogen) atoms. The van der Waals surface area contributed by atoms with Crippen LogP contribution in [0.25, 0.3) is 0 Å². The summed E-state index contributed by atoms with van der Waals surface area (Å²) in [4.78, 5) is 14.9. The number of methoxy groups -OCH3 is 1. The zero-order valence-electron chi connectivity index (χ0n) is 11.9. The van der Waals surface area contributed by atoms with Crippen molar-refractivity contribution in [1.82, 2.24) is 15.0 Å². The minimum Gasteiger partial charge on any atom is -0.495 e. The van der Waals surface area contributed by atoms with Crippen molar-refractivity contribution in [3.63, 3.8) is 0 Å². The minimum atomic E-state index is 0.212. The molecule has 1 aliphatic heterocycles. The molecule has 1 aromatic carbocycles. The number of para-hydroxylation sites is 2. The number of rotatable bonds is 4. The lowest BCUT2D eigenvalue weighted by Gasteiger charge is -2.16. The topological polar surface area (TPSA) is 89.2 Å². The van der Waals surface area contributed by atoms with Gasteiger partial charge >= 0.3 is 0 Å². The Labute approximate surface area is 123 Å². The second-order valence-corrected chi connectivity index (χ2v) is 4.84. The van der Waals surface area contributed by atoms with E-state index in [1.807, 2.05) is 24.3 Å². The number of nitrogens with zero attached hydrogens (tertiary/aromatic N) is 4. The second kappa shape index (κ2) is 5.82. The van der Waals surface area contributed by atoms with Gasteiger partial charge in [-0.25, -0.2) is 0 Å². The monoisotopic (exact) mass is 286 g/mol. The molecule has 0 bridgehead atoms. The van der Waals surface area contributed by atoms with Crippen molar-refractivity contribution in [2.24, 2.45) is 0 Å². The van der Waals surface area contributed by atoms with Crippen LogP contribution in [0.3, 0.4) is 0 Å². The predicted octanol–water partition coefficient (Wildman–Crippen LogP) is 1.81. The minimum absolute atomic E-state index is 0.212. The lowest BCUT2D eigenvalue weighted by atomic mass is 10.3. The van der Waals surface area contributed by atoms with E-state index >= 15 is 0 Å². The van der Waals surface area contributed by atoms with Gasteiger partial charge in [0.1, 0.15) is 5.75 Å². The number of aromatic nitrogens is 3. The van der Waals surface area contributed by atoms with Crippen LogP contribution in [0, 0.1) is 0 Å². The molecule has 3 rings (SSSR count). The maximum Gasteiger partial charge on any atom is 0.233 e. The van der Waals surface area contributed by atoms with E-state index in [1.165, 1.54) is 0 Å². The standard InChI is InChI=1S/C14H18N6O/c1-21-11-7-3-2-6-10(11)16-13-17-12(15)18-14(19-13)20-8-4-5-9-20/h2-3,6-7H,4-5,8-9H2,1H3,(H3,15,16,17,18,19). The summed E-state index contributed by atoms with van der Waals surface area (Å²) in [5.74, 6) is 1.98. The number of nitrogens with one attached hydrogen (secondary N) is 1. The number of nitrogens with two attached hydrogens (primary N) is 1. The maximum absolute atomic E-state index is 5.79. The third-order valence-corrected chi connectivity index (χ3v) is 3.38. The molecule has 1 fully saturated rings. The lowest BCUT2D eigenvalue weighted by molar-refractivity contribution is 0.417. The smallest absolute Gasteiger partial charge is 0.233 e. The Morgan fingerprint density at radius 2 is 1.90 bits per heavy atom. The van der Waals surface area contributed by atoms with Gasteiger partial charge in [-0.1, -0.05) is 12.1 Å². The van der Waals surface area contributed by atoms with Crippen LogP contribution in [-0.2, 0) is 0 Å². The summed E-state index contributed by atoms with van der Waals surface area (Å²) < 4.78 is 5.30. The van der Waals surface area contributed by atoms with Gasteiger partial charge in [-0.3, -0.25) is 0 Å². The van der Waals surface area contributed by atoms with E-state index in [2.05, 4.69) is 25.2 Å². The van der Waals surface area contributed by atoms with Gasteiger partial charge in [0.25, 0.3) is 0 Å². The quantitative estimate of drug-likeness (QED) is 0.885. The van der Waals surface area contributed by atoms with E-state index in [4.69, 9.17) is 10.5 Å². The van der Waals surface area contributed by atoms with Gasteiger partial charge in [-0.2, -0.15) is 15.0 Å². The molecule has 110 valence electrons. The molecule has 0 radical (unpaired) electrons. The molecule has 1 saturated heterocycles. The highest BCUT2D eigenvalue weighted by molar-refractivity contribution is 5.63. The summed E-state index contributed by atoms with van der Waals surface area (Å²) in [5.41, 5.74) is 6.58. The van der Waals surface area contributed by atoms with Gasteiger partial charge in [0.15, 0.2) is 0 Å². The number of benzene rings is 1. The summed E-state index contributed by atoms with van der Waals surface area (Å²) in [5, 5.41) is 3.13. The van der Waals surface area contributed by atoms with Gasteiger partial charge in [-0.15, -0.1) is 0 Å². The van der Waals surface area contributed by atoms with Crippen LogP contribution in [0.2, 0.25) is 0 Å². The molecule has 0 unspecified atom stereocenters. The fraction of sp³-hybridized carbons (Fsp3) is 0.357. The zero-order chi connectivity index (χ0) is 14.7. The van der Waals surface area contributed by atoms with Gasteiger partial charge in [0.2, 0.25) is 17.8 Å². The molecule has 0 saturated carbocycles. The molecule has 0 spiro atoms. The van der Waals surface area contributed by atoms with Crippen molar-refractivity contribution in [3.05, 3.63) is 24.3 Å². The molecule has 7 nitrogen and oxygen atoms in total. The van der Waals surface area contributed by atoms with E-state index in [-0.39, 0.29) is 5.95 Å². The van der Waals surface area contributed by atoms with Crippen LogP contribution in [0.4, 0.5) is 23.5 Å².